The molecular weight excluding hydrogens is 428 g/mol. The number of hydrogen-bond donors (Lipinski definition) is 3. The van der Waals surface area contributed by atoms with Gasteiger partial charge in [-0.05, 0) is 48.9 Å². The second kappa shape index (κ2) is 9.82. The Morgan fingerprint density at radius 2 is 1.29 bits per heavy atom. The molecule has 0 aliphatic carbocycles. The highest BCUT2D eigenvalue weighted by Crippen LogP contribution is 2.36. The van der Waals surface area contributed by atoms with Gasteiger partial charge in [0, 0.05) is 24.2 Å². The number of rotatable bonds is 7. The van der Waals surface area contributed by atoms with Gasteiger partial charge in [0.1, 0.15) is 0 Å². The first-order valence-electron chi connectivity index (χ1n) is 9.06. The molecule has 0 saturated heterocycles. The maximum atomic E-state index is 12.9. The van der Waals surface area contributed by atoms with Crippen LogP contribution in [0.1, 0.15) is 43.8 Å². The van der Waals surface area contributed by atoms with Gasteiger partial charge < -0.3 is 16.4 Å². The molecule has 2 amide bonds. The van der Waals surface area contributed by atoms with Gasteiger partial charge in [0.25, 0.3) is 11.8 Å². The number of halogens is 6. The molecule has 0 spiro atoms. The SMILES string of the molecule is NCCCNC(=O)c1ccc(CNC(=O)c2cc(C(F)(F)F)cc(C(F)(F)F)c2)cc1. The normalized spacial score (nSPS) is 11.8. The zero-order valence-corrected chi connectivity index (χ0v) is 16.0. The van der Waals surface area contributed by atoms with Crippen LogP contribution < -0.4 is 16.4 Å². The van der Waals surface area contributed by atoms with Crippen LogP contribution in [0.5, 0.6) is 0 Å². The minimum absolute atomic E-state index is 0.0475. The molecule has 0 aliphatic heterocycles. The number of carbonyl (C=O) groups excluding carboxylic acids is 2. The average Bonchev–Trinajstić information content (AvgIpc) is 2.71. The molecule has 0 saturated carbocycles. The van der Waals surface area contributed by atoms with Gasteiger partial charge in [0.05, 0.1) is 11.1 Å². The number of nitrogens with two attached hydrogens (primary N) is 1. The van der Waals surface area contributed by atoms with Gasteiger partial charge in [-0.15, -0.1) is 0 Å². The van der Waals surface area contributed by atoms with Gasteiger partial charge >= 0.3 is 12.4 Å². The molecule has 0 aromatic heterocycles. The van der Waals surface area contributed by atoms with Crippen LogP contribution in [0.4, 0.5) is 26.3 Å². The monoisotopic (exact) mass is 447 g/mol. The Balaban J connectivity index is 2.09. The molecular formula is C20H19F6N3O2. The van der Waals surface area contributed by atoms with Crippen molar-refractivity contribution in [2.75, 3.05) is 13.1 Å². The Kier molecular flexibility index (Phi) is 7.66. The van der Waals surface area contributed by atoms with E-state index in [4.69, 9.17) is 5.73 Å². The van der Waals surface area contributed by atoms with Crippen molar-refractivity contribution in [2.45, 2.75) is 25.3 Å². The molecule has 5 nitrogen and oxygen atoms in total. The van der Waals surface area contributed by atoms with Gasteiger partial charge in [-0.3, -0.25) is 9.59 Å². The van der Waals surface area contributed by atoms with Crippen LogP contribution >= 0.6 is 0 Å². The predicted octanol–water partition coefficient (Wildman–Crippen LogP) is 3.73. The lowest BCUT2D eigenvalue weighted by atomic mass is 10.0. The minimum atomic E-state index is -5.04. The van der Waals surface area contributed by atoms with Crippen molar-refractivity contribution < 1.29 is 35.9 Å². The fraction of sp³-hybridized carbons (Fsp3) is 0.300. The topological polar surface area (TPSA) is 84.2 Å². The molecule has 0 aliphatic rings. The number of alkyl halides is 6. The lowest BCUT2D eigenvalue weighted by Crippen LogP contribution is -2.26. The Morgan fingerprint density at radius 3 is 1.77 bits per heavy atom. The second-order valence-electron chi connectivity index (χ2n) is 6.57. The van der Waals surface area contributed by atoms with Crippen LogP contribution in [0.2, 0.25) is 0 Å². The molecule has 4 N–H and O–H groups in total. The molecule has 31 heavy (non-hydrogen) atoms. The van der Waals surface area contributed by atoms with Crippen molar-refractivity contribution in [2.24, 2.45) is 5.73 Å². The third-order valence-corrected chi connectivity index (χ3v) is 4.19. The maximum absolute atomic E-state index is 12.9. The summed E-state index contributed by atoms with van der Waals surface area (Å²) in [4.78, 5) is 24.1. The molecule has 168 valence electrons. The number of carbonyl (C=O) groups is 2. The summed E-state index contributed by atoms with van der Waals surface area (Å²) in [6, 6.07) is 6.64. The van der Waals surface area contributed by atoms with Gasteiger partial charge in [-0.2, -0.15) is 26.3 Å². The Hall–Kier alpha value is -3.08. The molecule has 0 heterocycles. The molecule has 0 radical (unpaired) electrons. The van der Waals surface area contributed by atoms with Crippen molar-refractivity contribution in [3.63, 3.8) is 0 Å². The fourth-order valence-corrected chi connectivity index (χ4v) is 2.55. The number of nitrogens with one attached hydrogen (secondary N) is 2. The van der Waals surface area contributed by atoms with E-state index in [1.165, 1.54) is 24.3 Å². The van der Waals surface area contributed by atoms with Crippen molar-refractivity contribution in [3.05, 3.63) is 70.3 Å². The predicted molar refractivity (Wildman–Crippen MR) is 100 cm³/mol. The van der Waals surface area contributed by atoms with Crippen LogP contribution in [0, 0.1) is 0 Å². The molecule has 2 rings (SSSR count). The van der Waals surface area contributed by atoms with Crippen LogP contribution in [0.15, 0.2) is 42.5 Å². The average molecular weight is 447 g/mol. The van der Waals surface area contributed by atoms with Crippen molar-refractivity contribution in [3.8, 4) is 0 Å². The van der Waals surface area contributed by atoms with Crippen LogP contribution in [-0.2, 0) is 18.9 Å². The quantitative estimate of drug-likeness (QED) is 0.447. The van der Waals surface area contributed by atoms with E-state index in [9.17, 15) is 35.9 Å². The fourth-order valence-electron chi connectivity index (χ4n) is 2.55. The minimum Gasteiger partial charge on any atom is -0.352 e. The summed E-state index contributed by atoms with van der Waals surface area (Å²) >= 11 is 0. The van der Waals surface area contributed by atoms with Gasteiger partial charge in [-0.1, -0.05) is 12.1 Å². The van der Waals surface area contributed by atoms with Crippen molar-refractivity contribution >= 4 is 11.8 Å². The maximum Gasteiger partial charge on any atom is 0.416 e. The molecule has 0 unspecified atom stereocenters. The Morgan fingerprint density at radius 1 is 0.774 bits per heavy atom. The van der Waals surface area contributed by atoms with Gasteiger partial charge in [0.2, 0.25) is 0 Å². The zero-order chi connectivity index (χ0) is 23.2. The van der Waals surface area contributed by atoms with E-state index >= 15 is 0 Å². The summed E-state index contributed by atoms with van der Waals surface area (Å²) < 4.78 is 77.5. The van der Waals surface area contributed by atoms with E-state index in [1.54, 1.807) is 0 Å². The van der Waals surface area contributed by atoms with Crippen molar-refractivity contribution in [1.29, 1.82) is 0 Å². The molecule has 0 bridgehead atoms. The Labute approximate surface area is 173 Å². The van der Waals surface area contributed by atoms with E-state index in [2.05, 4.69) is 10.6 Å². The van der Waals surface area contributed by atoms with Gasteiger partial charge in [-0.25, -0.2) is 0 Å². The van der Waals surface area contributed by atoms with E-state index in [-0.39, 0.29) is 18.5 Å². The molecule has 0 atom stereocenters. The lowest BCUT2D eigenvalue weighted by molar-refractivity contribution is -0.143. The summed E-state index contributed by atoms with van der Waals surface area (Å²) in [5.41, 5.74) is 2.27. The van der Waals surface area contributed by atoms with Crippen LogP contribution in [0.3, 0.4) is 0 Å². The van der Waals surface area contributed by atoms with Crippen LogP contribution in [-0.4, -0.2) is 24.9 Å². The van der Waals surface area contributed by atoms with E-state index in [0.717, 1.165) is 0 Å². The van der Waals surface area contributed by atoms with E-state index in [0.29, 0.717) is 42.8 Å². The second-order valence-corrected chi connectivity index (χ2v) is 6.57. The number of benzene rings is 2. The highest BCUT2D eigenvalue weighted by molar-refractivity contribution is 5.95. The number of hydrogen-bond acceptors (Lipinski definition) is 3. The molecule has 11 heteroatoms. The Bertz CT molecular complexity index is 892. The smallest absolute Gasteiger partial charge is 0.352 e. The van der Waals surface area contributed by atoms with E-state index in [1.807, 2.05) is 0 Å². The summed E-state index contributed by atoms with van der Waals surface area (Å²) in [7, 11) is 0. The highest BCUT2D eigenvalue weighted by atomic mass is 19.4. The molecule has 0 fully saturated rings. The van der Waals surface area contributed by atoms with Gasteiger partial charge in [0.15, 0.2) is 0 Å². The number of amides is 2. The summed E-state index contributed by atoms with van der Waals surface area (Å²) in [6.07, 6.45) is -9.48. The van der Waals surface area contributed by atoms with Crippen molar-refractivity contribution in [1.82, 2.24) is 10.6 Å². The third-order valence-electron chi connectivity index (χ3n) is 4.19. The molecule has 2 aromatic rings. The summed E-state index contributed by atoms with van der Waals surface area (Å²) in [5.74, 6) is -1.42. The highest BCUT2D eigenvalue weighted by Gasteiger charge is 2.37. The standard InChI is InChI=1S/C20H19F6N3O2/c21-19(22,23)15-8-14(9-16(10-15)20(24,25)26)18(31)29-11-12-2-4-13(5-3-12)17(30)28-7-1-6-27/h2-5,8-10H,1,6-7,11,27H2,(H,28,30)(H,29,31). The first-order chi connectivity index (χ1) is 14.4. The largest absolute Gasteiger partial charge is 0.416 e. The lowest BCUT2D eigenvalue weighted by Gasteiger charge is -2.14. The summed E-state index contributed by atoms with van der Waals surface area (Å²) in [6.45, 7) is 0.671. The first-order valence-corrected chi connectivity index (χ1v) is 9.06. The first kappa shape index (κ1) is 24.2. The zero-order valence-electron chi connectivity index (χ0n) is 16.0. The van der Waals surface area contributed by atoms with Crippen LogP contribution in [0.25, 0.3) is 0 Å². The van der Waals surface area contributed by atoms with E-state index < -0.39 is 35.0 Å². The third kappa shape index (κ3) is 6.99. The summed E-state index contributed by atoms with van der Waals surface area (Å²) in [5, 5.41) is 4.93. The molecule has 2 aromatic carbocycles.